The normalized spacial score (nSPS) is 10.2. The minimum absolute atomic E-state index is 0.238. The molecule has 0 saturated heterocycles. The van der Waals surface area contributed by atoms with Gasteiger partial charge in [-0.2, -0.15) is 0 Å². The third-order valence-corrected chi connectivity index (χ3v) is 1.15. The molecule has 0 spiro atoms. The molecule has 0 aliphatic carbocycles. The van der Waals surface area contributed by atoms with Crippen LogP contribution < -0.4 is 0 Å². The van der Waals surface area contributed by atoms with Crippen molar-refractivity contribution in [2.45, 2.75) is 13.3 Å². The lowest BCUT2D eigenvalue weighted by atomic mass is 10.4. The van der Waals surface area contributed by atoms with Crippen molar-refractivity contribution in [2.24, 2.45) is 0 Å². The van der Waals surface area contributed by atoms with Crippen LogP contribution in [0.15, 0.2) is 25.1 Å². The molecule has 0 unspecified atom stereocenters. The molecule has 0 heterocycles. The summed E-state index contributed by atoms with van der Waals surface area (Å²) in [5.41, 5.74) is 0. The lowest BCUT2D eigenvalue weighted by molar-refractivity contribution is 0.274. The molecule has 0 aromatic heterocycles. The van der Waals surface area contributed by atoms with E-state index in [1.54, 1.807) is 6.20 Å². The van der Waals surface area contributed by atoms with Gasteiger partial charge < -0.3 is 10.0 Å². The third-order valence-electron chi connectivity index (χ3n) is 1.15. The number of allylic oxidation sites excluding steroid dienone is 1. The van der Waals surface area contributed by atoms with Gasteiger partial charge in [-0.15, -0.1) is 0 Å². The van der Waals surface area contributed by atoms with Crippen molar-refractivity contribution < 1.29 is 5.11 Å². The van der Waals surface area contributed by atoms with Crippen LogP contribution in [0.3, 0.4) is 0 Å². The highest BCUT2D eigenvalue weighted by Gasteiger charge is 1.89. The highest BCUT2D eigenvalue weighted by molar-refractivity contribution is 4.84. The molecule has 0 aliphatic heterocycles. The Labute approximate surface area is 62.5 Å². The molecule has 0 amide bonds. The van der Waals surface area contributed by atoms with Crippen molar-refractivity contribution in [1.82, 2.24) is 4.90 Å². The average molecular weight is 141 g/mol. The number of aliphatic hydroxyl groups excluding tert-OH is 1. The van der Waals surface area contributed by atoms with E-state index < -0.39 is 0 Å². The van der Waals surface area contributed by atoms with Crippen LogP contribution in [-0.4, -0.2) is 23.2 Å². The molecule has 0 aromatic rings. The summed E-state index contributed by atoms with van der Waals surface area (Å²) in [6.45, 7) is 6.66. The van der Waals surface area contributed by atoms with Gasteiger partial charge in [0.05, 0.1) is 0 Å². The first-order valence-electron chi connectivity index (χ1n) is 3.47. The Bertz CT molecular complexity index is 110. The monoisotopic (exact) mass is 141 g/mol. The first-order chi connectivity index (χ1) is 4.85. The van der Waals surface area contributed by atoms with Crippen molar-refractivity contribution >= 4 is 0 Å². The summed E-state index contributed by atoms with van der Waals surface area (Å²) < 4.78 is 0. The van der Waals surface area contributed by atoms with Gasteiger partial charge in [-0.1, -0.05) is 12.7 Å². The molecule has 2 heteroatoms. The summed E-state index contributed by atoms with van der Waals surface area (Å²) in [6.07, 6.45) is 6.41. The van der Waals surface area contributed by atoms with E-state index in [2.05, 4.69) is 6.58 Å². The topological polar surface area (TPSA) is 23.5 Å². The van der Waals surface area contributed by atoms with Crippen LogP contribution in [0.1, 0.15) is 13.3 Å². The second-order valence-electron chi connectivity index (χ2n) is 1.98. The Morgan fingerprint density at radius 3 is 2.70 bits per heavy atom. The van der Waals surface area contributed by atoms with Crippen molar-refractivity contribution in [3.05, 3.63) is 25.1 Å². The molecule has 10 heavy (non-hydrogen) atoms. The van der Waals surface area contributed by atoms with Crippen LogP contribution in [-0.2, 0) is 0 Å². The maximum Gasteiger partial charge on any atom is 0.0448 e. The summed E-state index contributed by atoms with van der Waals surface area (Å²) >= 11 is 0. The zero-order valence-corrected chi connectivity index (χ0v) is 6.45. The van der Waals surface area contributed by atoms with E-state index in [1.807, 2.05) is 24.1 Å². The summed E-state index contributed by atoms with van der Waals surface area (Å²) in [5, 5.41) is 8.49. The van der Waals surface area contributed by atoms with Crippen LogP contribution in [0, 0.1) is 0 Å². The van der Waals surface area contributed by atoms with Crippen LogP contribution in [0.25, 0.3) is 0 Å². The van der Waals surface area contributed by atoms with E-state index in [4.69, 9.17) is 5.11 Å². The van der Waals surface area contributed by atoms with E-state index in [1.165, 1.54) is 0 Å². The maximum absolute atomic E-state index is 8.49. The minimum atomic E-state index is 0.238. The summed E-state index contributed by atoms with van der Waals surface area (Å²) in [6, 6.07) is 0. The van der Waals surface area contributed by atoms with Crippen molar-refractivity contribution in [2.75, 3.05) is 13.2 Å². The number of rotatable bonds is 5. The van der Waals surface area contributed by atoms with Gasteiger partial charge in [0.2, 0.25) is 0 Å². The predicted octanol–water partition coefficient (Wildman–Crippen LogP) is 1.35. The zero-order valence-electron chi connectivity index (χ0n) is 6.45. The summed E-state index contributed by atoms with van der Waals surface area (Å²) in [4.78, 5) is 1.94. The van der Waals surface area contributed by atoms with Crippen LogP contribution in [0.4, 0.5) is 0 Å². The van der Waals surface area contributed by atoms with Gasteiger partial charge in [-0.05, 0) is 25.7 Å². The number of hydrogen-bond donors (Lipinski definition) is 1. The molecule has 0 atom stereocenters. The molecule has 2 nitrogen and oxygen atoms in total. The highest BCUT2D eigenvalue weighted by atomic mass is 16.3. The van der Waals surface area contributed by atoms with E-state index in [0.29, 0.717) is 0 Å². The maximum atomic E-state index is 8.49. The molecular weight excluding hydrogens is 126 g/mol. The van der Waals surface area contributed by atoms with Crippen molar-refractivity contribution in [3.8, 4) is 0 Å². The van der Waals surface area contributed by atoms with Gasteiger partial charge >= 0.3 is 0 Å². The first-order valence-corrected chi connectivity index (χ1v) is 3.47. The van der Waals surface area contributed by atoms with E-state index in [0.717, 1.165) is 13.0 Å². The molecular formula is C8H15NO. The average Bonchev–Trinajstić information content (AvgIpc) is 1.98. The second-order valence-corrected chi connectivity index (χ2v) is 1.98. The predicted molar refractivity (Wildman–Crippen MR) is 43.4 cm³/mol. The molecule has 1 N–H and O–H groups in total. The van der Waals surface area contributed by atoms with Gasteiger partial charge in [-0.25, -0.2) is 0 Å². The van der Waals surface area contributed by atoms with E-state index in [9.17, 15) is 0 Å². The number of hydrogen-bond acceptors (Lipinski definition) is 2. The Balaban J connectivity index is 3.49. The highest BCUT2D eigenvalue weighted by Crippen LogP contribution is 1.91. The standard InChI is InChI=1S/C8H15NO/c1-3-6-9(4-2)7-5-8-10/h3-4,6,10H,2,5,7-8H2,1H3/b6-3-. The van der Waals surface area contributed by atoms with Crippen LogP contribution in [0.2, 0.25) is 0 Å². The van der Waals surface area contributed by atoms with Crippen molar-refractivity contribution in [3.63, 3.8) is 0 Å². The van der Waals surface area contributed by atoms with Crippen molar-refractivity contribution in [1.29, 1.82) is 0 Å². The fourth-order valence-electron chi connectivity index (χ4n) is 0.671. The lowest BCUT2D eigenvalue weighted by Gasteiger charge is -2.12. The van der Waals surface area contributed by atoms with Crippen LogP contribution >= 0.6 is 0 Å². The lowest BCUT2D eigenvalue weighted by Crippen LogP contribution is -2.11. The quantitative estimate of drug-likeness (QED) is 0.624. The van der Waals surface area contributed by atoms with E-state index in [-0.39, 0.29) is 6.61 Å². The Morgan fingerprint density at radius 1 is 1.60 bits per heavy atom. The first kappa shape index (κ1) is 9.24. The van der Waals surface area contributed by atoms with Crippen LogP contribution in [0.5, 0.6) is 0 Å². The van der Waals surface area contributed by atoms with Gasteiger partial charge in [0, 0.05) is 13.2 Å². The Morgan fingerprint density at radius 2 is 2.30 bits per heavy atom. The summed E-state index contributed by atoms with van der Waals surface area (Å²) in [5.74, 6) is 0. The smallest absolute Gasteiger partial charge is 0.0448 e. The number of nitrogens with zero attached hydrogens (tertiary/aromatic N) is 1. The second kappa shape index (κ2) is 6.36. The van der Waals surface area contributed by atoms with Gasteiger partial charge in [-0.3, -0.25) is 0 Å². The fourth-order valence-corrected chi connectivity index (χ4v) is 0.671. The zero-order chi connectivity index (χ0) is 7.82. The molecule has 0 aromatic carbocycles. The molecule has 0 radical (unpaired) electrons. The molecule has 58 valence electrons. The molecule has 0 saturated carbocycles. The number of aliphatic hydroxyl groups is 1. The molecule has 0 bridgehead atoms. The Kier molecular flexibility index (Phi) is 5.88. The van der Waals surface area contributed by atoms with Gasteiger partial charge in [0.25, 0.3) is 0 Å². The molecule has 0 rings (SSSR count). The minimum Gasteiger partial charge on any atom is -0.396 e. The SMILES string of the molecule is C=CN(/C=C\C)CCCO. The van der Waals surface area contributed by atoms with Gasteiger partial charge in [0.1, 0.15) is 0 Å². The summed E-state index contributed by atoms with van der Waals surface area (Å²) in [7, 11) is 0. The van der Waals surface area contributed by atoms with E-state index >= 15 is 0 Å². The third kappa shape index (κ3) is 4.15. The van der Waals surface area contributed by atoms with Gasteiger partial charge in [0.15, 0.2) is 0 Å². The largest absolute Gasteiger partial charge is 0.396 e. The molecule has 0 aliphatic rings. The Hall–Kier alpha value is -0.760. The molecule has 0 fully saturated rings. The fraction of sp³-hybridized carbons (Fsp3) is 0.500.